The quantitative estimate of drug-likeness (QED) is 0.896. The maximum absolute atomic E-state index is 12.1. The van der Waals surface area contributed by atoms with Crippen LogP contribution < -0.4 is 5.56 Å². The zero-order valence-corrected chi connectivity index (χ0v) is 11.3. The lowest BCUT2D eigenvalue weighted by molar-refractivity contribution is 0.400. The highest BCUT2D eigenvalue weighted by Crippen LogP contribution is 2.17. The number of H-pyrrole nitrogens is 1. The average molecular weight is 244 g/mol. The summed E-state index contributed by atoms with van der Waals surface area (Å²) in [6, 6.07) is 7.98. The summed E-state index contributed by atoms with van der Waals surface area (Å²) < 4.78 is 0. The van der Waals surface area contributed by atoms with Gasteiger partial charge in [-0.25, -0.2) is 0 Å². The molecule has 0 spiro atoms. The van der Waals surface area contributed by atoms with Crippen LogP contribution in [0.4, 0.5) is 0 Å². The maximum Gasteiger partial charge on any atom is 0.251 e. The van der Waals surface area contributed by atoms with Crippen LogP contribution >= 0.6 is 0 Å². The molecule has 0 radical (unpaired) electrons. The van der Waals surface area contributed by atoms with Gasteiger partial charge in [0.1, 0.15) is 0 Å². The highest BCUT2D eigenvalue weighted by Gasteiger charge is 2.08. The normalized spacial score (nSPS) is 11.3. The molecular formula is C15H20N2O. The molecule has 3 nitrogen and oxygen atoms in total. The lowest BCUT2D eigenvalue weighted by atomic mass is 10.0. The third kappa shape index (κ3) is 2.62. The Morgan fingerprint density at radius 3 is 2.67 bits per heavy atom. The van der Waals surface area contributed by atoms with Gasteiger partial charge in [0.25, 0.3) is 5.56 Å². The molecule has 3 heteroatoms. The van der Waals surface area contributed by atoms with Crippen molar-refractivity contribution < 1.29 is 0 Å². The first-order valence-electron chi connectivity index (χ1n) is 6.35. The number of aromatic amines is 1. The Kier molecular flexibility index (Phi) is 3.82. The first-order valence-corrected chi connectivity index (χ1v) is 6.35. The van der Waals surface area contributed by atoms with Crippen LogP contribution in [-0.4, -0.2) is 30.5 Å². The van der Waals surface area contributed by atoms with Crippen molar-refractivity contribution in [1.29, 1.82) is 0 Å². The molecule has 0 fully saturated rings. The number of nitrogens with one attached hydrogen (secondary N) is 1. The van der Waals surface area contributed by atoms with E-state index in [0.717, 1.165) is 41.4 Å². The minimum Gasteiger partial charge on any atom is -0.322 e. The second-order valence-corrected chi connectivity index (χ2v) is 5.01. The highest BCUT2D eigenvalue weighted by molar-refractivity contribution is 5.82. The predicted octanol–water partition coefficient (Wildman–Crippen LogP) is 2.33. The van der Waals surface area contributed by atoms with Gasteiger partial charge in [0, 0.05) is 16.5 Å². The van der Waals surface area contributed by atoms with Crippen molar-refractivity contribution in [2.24, 2.45) is 0 Å². The molecule has 1 N–H and O–H groups in total. The van der Waals surface area contributed by atoms with Crippen molar-refractivity contribution >= 4 is 10.9 Å². The summed E-state index contributed by atoms with van der Waals surface area (Å²) >= 11 is 0. The van der Waals surface area contributed by atoms with Crippen LogP contribution in [0, 0.1) is 6.92 Å². The second kappa shape index (κ2) is 5.36. The summed E-state index contributed by atoms with van der Waals surface area (Å²) in [7, 11) is 4.11. The number of pyridine rings is 1. The van der Waals surface area contributed by atoms with E-state index in [4.69, 9.17) is 0 Å². The molecule has 0 aliphatic carbocycles. The van der Waals surface area contributed by atoms with Crippen molar-refractivity contribution in [2.45, 2.75) is 19.8 Å². The number of fused-ring (bicyclic) bond motifs is 1. The molecule has 0 amide bonds. The Bertz CT molecular complexity index is 599. The summed E-state index contributed by atoms with van der Waals surface area (Å²) in [4.78, 5) is 17.2. The van der Waals surface area contributed by atoms with Crippen LogP contribution in [0.5, 0.6) is 0 Å². The number of rotatable bonds is 4. The third-order valence-electron chi connectivity index (χ3n) is 3.34. The Balaban J connectivity index is 2.35. The van der Waals surface area contributed by atoms with Crippen LogP contribution in [0.2, 0.25) is 0 Å². The van der Waals surface area contributed by atoms with Gasteiger partial charge in [-0.3, -0.25) is 4.79 Å². The highest BCUT2D eigenvalue weighted by atomic mass is 16.1. The average Bonchev–Trinajstić information content (AvgIpc) is 2.33. The van der Waals surface area contributed by atoms with E-state index >= 15 is 0 Å². The van der Waals surface area contributed by atoms with Crippen molar-refractivity contribution in [1.82, 2.24) is 9.88 Å². The van der Waals surface area contributed by atoms with Gasteiger partial charge in [-0.1, -0.05) is 18.2 Å². The maximum atomic E-state index is 12.1. The SMILES string of the molecule is Cc1c(CCCN(C)C)c(=O)[nH]c2ccccc12. The van der Waals surface area contributed by atoms with Gasteiger partial charge < -0.3 is 9.88 Å². The Hall–Kier alpha value is -1.61. The number of nitrogens with zero attached hydrogens (tertiary/aromatic N) is 1. The van der Waals surface area contributed by atoms with Gasteiger partial charge in [0.15, 0.2) is 0 Å². The van der Waals surface area contributed by atoms with E-state index in [2.05, 4.69) is 30.0 Å². The summed E-state index contributed by atoms with van der Waals surface area (Å²) in [6.45, 7) is 3.05. The van der Waals surface area contributed by atoms with Crippen molar-refractivity contribution in [3.63, 3.8) is 0 Å². The molecule has 18 heavy (non-hydrogen) atoms. The molecular weight excluding hydrogens is 224 g/mol. The third-order valence-corrected chi connectivity index (χ3v) is 3.34. The molecule has 0 aliphatic rings. The molecule has 0 unspecified atom stereocenters. The fourth-order valence-electron chi connectivity index (χ4n) is 2.32. The molecule has 0 bridgehead atoms. The molecule has 1 aromatic heterocycles. The minimum atomic E-state index is 0.0601. The Morgan fingerprint density at radius 2 is 1.94 bits per heavy atom. The van der Waals surface area contributed by atoms with E-state index in [1.165, 1.54) is 0 Å². The predicted molar refractivity (Wildman–Crippen MR) is 76.2 cm³/mol. The topological polar surface area (TPSA) is 36.1 Å². The summed E-state index contributed by atoms with van der Waals surface area (Å²) in [5, 5.41) is 1.15. The van der Waals surface area contributed by atoms with Crippen LogP contribution in [0.3, 0.4) is 0 Å². The fraction of sp³-hybridized carbons (Fsp3) is 0.400. The van der Waals surface area contributed by atoms with Crippen molar-refractivity contribution in [3.05, 3.63) is 45.7 Å². The molecule has 2 aromatic rings. The van der Waals surface area contributed by atoms with Crippen LogP contribution in [0.15, 0.2) is 29.1 Å². The van der Waals surface area contributed by atoms with Crippen molar-refractivity contribution in [2.75, 3.05) is 20.6 Å². The van der Waals surface area contributed by atoms with Crippen LogP contribution in [0.1, 0.15) is 17.5 Å². The van der Waals surface area contributed by atoms with Gasteiger partial charge in [-0.2, -0.15) is 0 Å². The number of aryl methyl sites for hydroxylation is 1. The standard InChI is InChI=1S/C15H20N2O/c1-11-12-7-4-5-9-14(12)16-15(18)13(11)8-6-10-17(2)3/h4-5,7,9H,6,8,10H2,1-3H3,(H,16,18). The molecule has 1 heterocycles. The Labute approximate surface area is 107 Å². The molecule has 96 valence electrons. The van der Waals surface area contributed by atoms with E-state index in [-0.39, 0.29) is 5.56 Å². The molecule has 0 saturated heterocycles. The molecule has 2 rings (SSSR count). The van der Waals surface area contributed by atoms with E-state index in [1.807, 2.05) is 25.1 Å². The first kappa shape index (κ1) is 12.8. The van der Waals surface area contributed by atoms with E-state index in [1.54, 1.807) is 0 Å². The monoisotopic (exact) mass is 244 g/mol. The smallest absolute Gasteiger partial charge is 0.251 e. The van der Waals surface area contributed by atoms with Gasteiger partial charge in [-0.15, -0.1) is 0 Å². The first-order chi connectivity index (χ1) is 8.59. The van der Waals surface area contributed by atoms with Crippen LogP contribution in [-0.2, 0) is 6.42 Å². The lowest BCUT2D eigenvalue weighted by Gasteiger charge is -2.11. The molecule has 0 atom stereocenters. The molecule has 0 aliphatic heterocycles. The number of benzene rings is 1. The lowest BCUT2D eigenvalue weighted by Crippen LogP contribution is -2.18. The van der Waals surface area contributed by atoms with E-state index in [9.17, 15) is 4.79 Å². The summed E-state index contributed by atoms with van der Waals surface area (Å²) in [5.41, 5.74) is 3.03. The molecule has 1 aromatic carbocycles. The van der Waals surface area contributed by atoms with Gasteiger partial charge in [0.2, 0.25) is 0 Å². The van der Waals surface area contributed by atoms with Crippen molar-refractivity contribution in [3.8, 4) is 0 Å². The number of hydrogen-bond donors (Lipinski definition) is 1. The number of aromatic nitrogens is 1. The Morgan fingerprint density at radius 1 is 1.22 bits per heavy atom. The zero-order valence-electron chi connectivity index (χ0n) is 11.3. The molecule has 0 saturated carbocycles. The van der Waals surface area contributed by atoms with E-state index < -0.39 is 0 Å². The second-order valence-electron chi connectivity index (χ2n) is 5.01. The van der Waals surface area contributed by atoms with E-state index in [0.29, 0.717) is 0 Å². The van der Waals surface area contributed by atoms with Crippen LogP contribution in [0.25, 0.3) is 10.9 Å². The number of hydrogen-bond acceptors (Lipinski definition) is 2. The summed E-state index contributed by atoms with van der Waals surface area (Å²) in [6.07, 6.45) is 1.85. The van der Waals surface area contributed by atoms with Gasteiger partial charge >= 0.3 is 0 Å². The van der Waals surface area contributed by atoms with Gasteiger partial charge in [-0.05, 0) is 52.0 Å². The fourth-order valence-corrected chi connectivity index (χ4v) is 2.32. The summed E-state index contributed by atoms with van der Waals surface area (Å²) in [5.74, 6) is 0. The number of para-hydroxylation sites is 1. The minimum absolute atomic E-state index is 0.0601. The van der Waals surface area contributed by atoms with Gasteiger partial charge in [0.05, 0.1) is 0 Å². The largest absolute Gasteiger partial charge is 0.322 e. The zero-order chi connectivity index (χ0) is 13.1.